The quantitative estimate of drug-likeness (QED) is 0.262. The highest BCUT2D eigenvalue weighted by Gasteiger charge is 2.56. The van der Waals surface area contributed by atoms with Crippen molar-refractivity contribution in [3.8, 4) is 0 Å². The van der Waals surface area contributed by atoms with E-state index in [0.717, 1.165) is 30.3 Å². The van der Waals surface area contributed by atoms with Gasteiger partial charge in [-0.3, -0.25) is 10.4 Å². The van der Waals surface area contributed by atoms with Crippen molar-refractivity contribution in [2.45, 2.75) is 78.1 Å². The molecule has 0 radical (unpaired) electrons. The van der Waals surface area contributed by atoms with E-state index >= 15 is 0 Å². The summed E-state index contributed by atoms with van der Waals surface area (Å²) in [6.07, 6.45) is 5.57. The van der Waals surface area contributed by atoms with Crippen LogP contribution in [0, 0.1) is 16.2 Å². The van der Waals surface area contributed by atoms with Crippen molar-refractivity contribution in [2.24, 2.45) is 21.6 Å². The van der Waals surface area contributed by atoms with Crippen LogP contribution in [0.5, 0.6) is 0 Å². The number of nitrogens with zero attached hydrogens (tertiary/aromatic N) is 1. The molecule has 1 fully saturated rings. The highest BCUT2D eigenvalue weighted by Crippen LogP contribution is 2.60. The standard InChI is InChI=1S/C33H41N3/c1-7-31(3,4)33(32(5,6)8-2)20-36-19-26-14-12-24(17-29(26)33)28-18-27(28)23-11-9-22-16-25(30(34)35)13-10-21(22)15-23/h9-17,19,27-28H,7-8,18,20H2,1-6H3,(H3,34,35). The molecule has 2 aliphatic rings. The largest absolute Gasteiger partial charge is 0.384 e. The van der Waals surface area contributed by atoms with Crippen molar-refractivity contribution in [1.82, 2.24) is 0 Å². The molecule has 5 rings (SSSR count). The van der Waals surface area contributed by atoms with Gasteiger partial charge in [0.1, 0.15) is 5.84 Å². The van der Waals surface area contributed by atoms with Crippen LogP contribution in [0.3, 0.4) is 0 Å². The van der Waals surface area contributed by atoms with Gasteiger partial charge in [0.05, 0.1) is 0 Å². The fourth-order valence-corrected chi connectivity index (χ4v) is 6.92. The van der Waals surface area contributed by atoms with E-state index in [2.05, 4.69) is 90.2 Å². The lowest BCUT2D eigenvalue weighted by molar-refractivity contribution is 0.0252. The first-order chi connectivity index (χ1) is 17.0. The molecule has 3 heteroatoms. The van der Waals surface area contributed by atoms with Crippen LogP contribution in [0.2, 0.25) is 0 Å². The topological polar surface area (TPSA) is 62.2 Å². The van der Waals surface area contributed by atoms with Gasteiger partial charge in [0, 0.05) is 23.7 Å². The summed E-state index contributed by atoms with van der Waals surface area (Å²) in [6.45, 7) is 15.4. The van der Waals surface area contributed by atoms with Gasteiger partial charge in [0.25, 0.3) is 0 Å². The number of aliphatic imine (C=N–C) groups is 1. The van der Waals surface area contributed by atoms with E-state index in [0.29, 0.717) is 11.8 Å². The van der Waals surface area contributed by atoms with E-state index in [1.54, 1.807) is 0 Å². The molecule has 1 aliphatic carbocycles. The Kier molecular flexibility index (Phi) is 5.89. The molecule has 0 saturated heterocycles. The van der Waals surface area contributed by atoms with E-state index in [-0.39, 0.29) is 22.1 Å². The minimum Gasteiger partial charge on any atom is -0.384 e. The normalized spacial score (nSPS) is 20.8. The average Bonchev–Trinajstić information content (AvgIpc) is 3.68. The summed E-state index contributed by atoms with van der Waals surface area (Å²) in [4.78, 5) is 4.95. The van der Waals surface area contributed by atoms with Crippen molar-refractivity contribution in [3.63, 3.8) is 0 Å². The molecule has 3 N–H and O–H groups in total. The van der Waals surface area contributed by atoms with E-state index in [4.69, 9.17) is 16.1 Å². The predicted octanol–water partition coefficient (Wildman–Crippen LogP) is 7.94. The molecule has 1 heterocycles. The molecular weight excluding hydrogens is 438 g/mol. The molecule has 36 heavy (non-hydrogen) atoms. The number of nitrogen functional groups attached to an aromatic ring is 1. The van der Waals surface area contributed by atoms with Gasteiger partial charge in [-0.1, -0.05) is 103 Å². The number of nitrogens with two attached hydrogens (primary N) is 1. The first-order valence-corrected chi connectivity index (χ1v) is 13.6. The minimum absolute atomic E-state index is 0.00531. The molecule has 0 bridgehead atoms. The number of benzene rings is 3. The maximum absolute atomic E-state index is 7.72. The molecule has 1 aliphatic heterocycles. The van der Waals surface area contributed by atoms with Gasteiger partial charge >= 0.3 is 0 Å². The van der Waals surface area contributed by atoms with E-state index < -0.39 is 0 Å². The van der Waals surface area contributed by atoms with E-state index in [1.165, 1.54) is 34.1 Å². The molecule has 1 saturated carbocycles. The van der Waals surface area contributed by atoms with Crippen molar-refractivity contribution >= 4 is 22.8 Å². The lowest BCUT2D eigenvalue weighted by atomic mass is 9.47. The highest BCUT2D eigenvalue weighted by molar-refractivity contribution is 5.99. The third-order valence-electron chi connectivity index (χ3n) is 10.00. The summed E-state index contributed by atoms with van der Waals surface area (Å²) in [6, 6.07) is 20.1. The number of nitrogens with one attached hydrogen (secondary N) is 1. The van der Waals surface area contributed by atoms with Crippen LogP contribution >= 0.6 is 0 Å². The Hall–Kier alpha value is -2.94. The van der Waals surface area contributed by atoms with Gasteiger partial charge in [-0.25, -0.2) is 0 Å². The Morgan fingerprint density at radius 1 is 0.889 bits per heavy atom. The maximum atomic E-state index is 7.72. The van der Waals surface area contributed by atoms with Gasteiger partial charge in [0.2, 0.25) is 0 Å². The zero-order valence-electron chi connectivity index (χ0n) is 22.8. The fraction of sp³-hybridized carbons (Fsp3) is 0.455. The van der Waals surface area contributed by atoms with E-state index in [9.17, 15) is 0 Å². The zero-order valence-corrected chi connectivity index (χ0v) is 22.8. The molecule has 0 amide bonds. The summed E-state index contributed by atoms with van der Waals surface area (Å²) in [5, 5.41) is 10.1. The highest BCUT2D eigenvalue weighted by atomic mass is 14.8. The summed E-state index contributed by atoms with van der Waals surface area (Å²) >= 11 is 0. The number of hydrogen-bond acceptors (Lipinski definition) is 2. The second-order valence-corrected chi connectivity index (χ2v) is 12.4. The van der Waals surface area contributed by atoms with Crippen molar-refractivity contribution < 1.29 is 0 Å². The Balaban J connectivity index is 1.52. The summed E-state index contributed by atoms with van der Waals surface area (Å²) in [5.41, 5.74) is 12.5. The average molecular weight is 480 g/mol. The van der Waals surface area contributed by atoms with E-state index in [1.807, 2.05) is 12.1 Å². The Bertz CT molecular complexity index is 1340. The van der Waals surface area contributed by atoms with Crippen LogP contribution in [0.25, 0.3) is 10.8 Å². The van der Waals surface area contributed by atoms with Gasteiger partial charge in [-0.2, -0.15) is 0 Å². The maximum Gasteiger partial charge on any atom is 0.122 e. The van der Waals surface area contributed by atoms with Gasteiger partial charge in [-0.05, 0) is 68.2 Å². The minimum atomic E-state index is 0.00531. The molecule has 188 valence electrons. The van der Waals surface area contributed by atoms with Crippen LogP contribution in [0.4, 0.5) is 0 Å². The lowest BCUT2D eigenvalue weighted by Crippen LogP contribution is -2.56. The first-order valence-electron chi connectivity index (χ1n) is 13.6. The monoisotopic (exact) mass is 479 g/mol. The second kappa shape index (κ2) is 8.57. The van der Waals surface area contributed by atoms with Crippen LogP contribution in [-0.2, 0) is 5.41 Å². The zero-order chi connectivity index (χ0) is 25.9. The summed E-state index contributed by atoms with van der Waals surface area (Å²) in [5.74, 6) is 1.24. The fourth-order valence-electron chi connectivity index (χ4n) is 6.92. The number of fused-ring (bicyclic) bond motifs is 2. The Morgan fingerprint density at radius 2 is 1.47 bits per heavy atom. The van der Waals surface area contributed by atoms with Crippen molar-refractivity contribution in [3.05, 3.63) is 82.4 Å². The Labute approximate surface area is 216 Å². The van der Waals surface area contributed by atoms with Crippen LogP contribution in [0.15, 0.2) is 59.6 Å². The molecule has 0 aromatic heterocycles. The van der Waals surface area contributed by atoms with Gasteiger partial charge < -0.3 is 5.73 Å². The van der Waals surface area contributed by atoms with Crippen LogP contribution in [0.1, 0.15) is 100 Å². The lowest BCUT2D eigenvalue weighted by Gasteiger charge is -2.57. The molecule has 2 atom stereocenters. The van der Waals surface area contributed by atoms with Gasteiger partial charge in [0.15, 0.2) is 0 Å². The number of hydrogen-bond donors (Lipinski definition) is 2. The molecular formula is C33H41N3. The number of amidine groups is 1. The predicted molar refractivity (Wildman–Crippen MR) is 154 cm³/mol. The third-order valence-corrected chi connectivity index (χ3v) is 10.00. The number of rotatable bonds is 7. The summed E-state index contributed by atoms with van der Waals surface area (Å²) in [7, 11) is 0. The van der Waals surface area contributed by atoms with Gasteiger partial charge in [-0.15, -0.1) is 0 Å². The van der Waals surface area contributed by atoms with Crippen molar-refractivity contribution in [1.29, 1.82) is 5.41 Å². The SMILES string of the molecule is CCC(C)(C)C1(C(C)(C)CC)CN=Cc2ccc(C3CC3c3ccc4cc(C(=N)N)ccc4c3)cc21. The van der Waals surface area contributed by atoms with Crippen LogP contribution in [-0.4, -0.2) is 18.6 Å². The molecule has 2 unspecified atom stereocenters. The van der Waals surface area contributed by atoms with Crippen molar-refractivity contribution in [2.75, 3.05) is 6.54 Å². The first kappa shape index (κ1) is 24.7. The third kappa shape index (κ3) is 3.70. The molecule has 3 aromatic rings. The van der Waals surface area contributed by atoms with Crippen LogP contribution < -0.4 is 5.73 Å². The Morgan fingerprint density at radius 3 is 2.11 bits per heavy atom. The molecule has 3 nitrogen and oxygen atoms in total. The molecule has 3 aromatic carbocycles. The molecule has 0 spiro atoms. The smallest absolute Gasteiger partial charge is 0.122 e. The second-order valence-electron chi connectivity index (χ2n) is 12.4. The summed E-state index contributed by atoms with van der Waals surface area (Å²) < 4.78 is 0.